The number of nitrogens with zero attached hydrogens (tertiary/aromatic N) is 1. The number of phenols is 1. The Kier molecular flexibility index (Phi) is 4.30. The molecule has 116 valence electrons. The van der Waals surface area contributed by atoms with Gasteiger partial charge in [-0.25, -0.2) is 4.79 Å². The minimum absolute atomic E-state index is 0.208. The number of alkyl carbamates (subject to hydrolysis) is 1. The molecule has 1 atom stereocenters. The zero-order chi connectivity index (χ0) is 15.6. The molecule has 1 heterocycles. The van der Waals surface area contributed by atoms with Crippen molar-refractivity contribution >= 4 is 11.8 Å². The van der Waals surface area contributed by atoms with E-state index in [1.807, 2.05) is 26.0 Å². The van der Waals surface area contributed by atoms with Gasteiger partial charge in [0.2, 0.25) is 0 Å². The number of amides is 1. The number of phenolic OH excluding ortho intramolecular Hbond substituents is 1. The summed E-state index contributed by atoms with van der Waals surface area (Å²) in [7, 11) is 0. The third kappa shape index (κ3) is 3.06. The van der Waals surface area contributed by atoms with Crippen molar-refractivity contribution in [2.24, 2.45) is 5.41 Å². The minimum Gasteiger partial charge on any atom is -0.508 e. The molecule has 1 saturated heterocycles. The first kappa shape index (κ1) is 15.5. The van der Waals surface area contributed by atoms with Gasteiger partial charge in [-0.15, -0.1) is 0 Å². The number of carbonyl (C=O) groups excluding carboxylic acids is 1. The van der Waals surface area contributed by atoms with Gasteiger partial charge in [0.05, 0.1) is 6.04 Å². The molecular weight excluding hydrogens is 268 g/mol. The summed E-state index contributed by atoms with van der Waals surface area (Å²) in [5.41, 5.74) is 1.44. The second kappa shape index (κ2) is 5.84. The number of ether oxygens (including phenoxy) is 1. The van der Waals surface area contributed by atoms with Crippen LogP contribution in [0.1, 0.15) is 39.3 Å². The Morgan fingerprint density at radius 3 is 2.62 bits per heavy atom. The quantitative estimate of drug-likeness (QED) is 0.895. The molecule has 1 fully saturated rings. The maximum absolute atomic E-state index is 11.5. The van der Waals surface area contributed by atoms with Crippen molar-refractivity contribution in [1.29, 1.82) is 0 Å². The highest BCUT2D eigenvalue weighted by molar-refractivity contribution is 5.69. The molecule has 2 N–H and O–H groups in total. The number of aromatic hydroxyl groups is 1. The van der Waals surface area contributed by atoms with Crippen molar-refractivity contribution in [2.75, 3.05) is 24.6 Å². The van der Waals surface area contributed by atoms with E-state index in [4.69, 9.17) is 4.74 Å². The van der Waals surface area contributed by atoms with Gasteiger partial charge in [-0.05, 0) is 19.9 Å². The maximum atomic E-state index is 11.5. The summed E-state index contributed by atoms with van der Waals surface area (Å²) in [4.78, 5) is 13.7. The first-order valence-electron chi connectivity index (χ1n) is 7.40. The number of hydrogen-bond donors (Lipinski definition) is 2. The van der Waals surface area contributed by atoms with Crippen LogP contribution in [0.2, 0.25) is 0 Å². The van der Waals surface area contributed by atoms with E-state index >= 15 is 0 Å². The zero-order valence-electron chi connectivity index (χ0n) is 13.1. The first-order chi connectivity index (χ1) is 9.89. The molecule has 0 unspecified atom stereocenters. The lowest BCUT2D eigenvalue weighted by Gasteiger charge is -2.38. The van der Waals surface area contributed by atoms with E-state index in [1.54, 1.807) is 6.07 Å². The van der Waals surface area contributed by atoms with Crippen LogP contribution in [0.25, 0.3) is 0 Å². The molecule has 5 heteroatoms. The van der Waals surface area contributed by atoms with E-state index in [0.717, 1.165) is 24.3 Å². The van der Waals surface area contributed by atoms with Gasteiger partial charge in [0, 0.05) is 35.8 Å². The van der Waals surface area contributed by atoms with Crippen LogP contribution in [-0.2, 0) is 4.74 Å². The average molecular weight is 292 g/mol. The van der Waals surface area contributed by atoms with Crippen LogP contribution in [0, 0.1) is 5.41 Å². The molecule has 1 aliphatic rings. The molecule has 1 aliphatic heterocycles. The fourth-order valence-electron chi connectivity index (χ4n) is 2.75. The SMILES string of the molecule is CCN(CC)c1ccc([C@@H]2NC(=O)OCC2(C)C)c(O)c1. The predicted molar refractivity (Wildman–Crippen MR) is 82.7 cm³/mol. The summed E-state index contributed by atoms with van der Waals surface area (Å²) in [5, 5.41) is 13.2. The van der Waals surface area contributed by atoms with Crippen LogP contribution < -0.4 is 10.2 Å². The summed E-state index contributed by atoms with van der Waals surface area (Å²) < 4.78 is 5.04. The summed E-state index contributed by atoms with van der Waals surface area (Å²) >= 11 is 0. The number of anilines is 1. The van der Waals surface area contributed by atoms with Crippen LogP contribution in [0.5, 0.6) is 5.75 Å². The molecule has 0 aliphatic carbocycles. The number of carbonyl (C=O) groups is 1. The predicted octanol–water partition coefficient (Wildman–Crippen LogP) is 3.05. The van der Waals surface area contributed by atoms with Gasteiger partial charge in [-0.3, -0.25) is 0 Å². The fraction of sp³-hybridized carbons (Fsp3) is 0.562. The third-order valence-electron chi connectivity index (χ3n) is 4.07. The monoisotopic (exact) mass is 292 g/mol. The van der Waals surface area contributed by atoms with Crippen LogP contribution in [0.4, 0.5) is 10.5 Å². The van der Waals surface area contributed by atoms with Crippen molar-refractivity contribution in [3.05, 3.63) is 23.8 Å². The Morgan fingerprint density at radius 2 is 2.05 bits per heavy atom. The molecule has 0 spiro atoms. The molecule has 1 aromatic rings. The van der Waals surface area contributed by atoms with E-state index in [-0.39, 0.29) is 17.2 Å². The van der Waals surface area contributed by atoms with Gasteiger partial charge >= 0.3 is 6.09 Å². The zero-order valence-corrected chi connectivity index (χ0v) is 13.1. The van der Waals surface area contributed by atoms with Crippen LogP contribution in [0.3, 0.4) is 0 Å². The molecule has 1 amide bonds. The Hall–Kier alpha value is -1.91. The largest absolute Gasteiger partial charge is 0.508 e. The molecule has 1 aromatic carbocycles. The molecule has 0 saturated carbocycles. The van der Waals surface area contributed by atoms with Crippen molar-refractivity contribution in [1.82, 2.24) is 5.32 Å². The van der Waals surface area contributed by atoms with Gasteiger partial charge in [-0.2, -0.15) is 0 Å². The van der Waals surface area contributed by atoms with Crippen LogP contribution >= 0.6 is 0 Å². The van der Waals surface area contributed by atoms with Gasteiger partial charge in [0.25, 0.3) is 0 Å². The molecule has 5 nitrogen and oxygen atoms in total. The first-order valence-corrected chi connectivity index (χ1v) is 7.40. The molecule has 0 aromatic heterocycles. The summed E-state index contributed by atoms with van der Waals surface area (Å²) in [6.45, 7) is 10.3. The lowest BCUT2D eigenvalue weighted by molar-refractivity contribution is 0.0381. The Balaban J connectivity index is 2.33. The molecule has 0 radical (unpaired) electrons. The van der Waals surface area contributed by atoms with Crippen molar-refractivity contribution in [3.63, 3.8) is 0 Å². The van der Waals surface area contributed by atoms with E-state index in [2.05, 4.69) is 24.1 Å². The van der Waals surface area contributed by atoms with Gasteiger partial charge < -0.3 is 20.1 Å². The lowest BCUT2D eigenvalue weighted by Crippen LogP contribution is -2.46. The minimum atomic E-state index is -0.438. The standard InChI is InChI=1S/C16H24N2O3/c1-5-18(6-2)11-7-8-12(13(19)9-11)14-16(3,4)10-21-15(20)17-14/h7-9,14,19H,5-6,10H2,1-4H3,(H,17,20)/t14-/m0/s1. The normalized spacial score (nSPS) is 20.6. The van der Waals surface area contributed by atoms with Gasteiger partial charge in [-0.1, -0.05) is 19.9 Å². The van der Waals surface area contributed by atoms with Crippen LogP contribution in [0.15, 0.2) is 18.2 Å². The van der Waals surface area contributed by atoms with E-state index in [0.29, 0.717) is 6.61 Å². The van der Waals surface area contributed by atoms with Crippen molar-refractivity contribution in [3.8, 4) is 5.75 Å². The number of rotatable bonds is 4. The number of nitrogens with one attached hydrogen (secondary N) is 1. The summed E-state index contributed by atoms with van der Waals surface area (Å²) in [5.74, 6) is 0.208. The molecular formula is C16H24N2O3. The molecule has 2 rings (SSSR count). The lowest BCUT2D eigenvalue weighted by atomic mass is 9.80. The van der Waals surface area contributed by atoms with E-state index < -0.39 is 6.09 Å². The highest BCUT2D eigenvalue weighted by Gasteiger charge is 2.39. The average Bonchev–Trinajstić information content (AvgIpc) is 2.44. The second-order valence-corrected chi connectivity index (χ2v) is 6.06. The molecule has 0 bridgehead atoms. The smallest absolute Gasteiger partial charge is 0.407 e. The second-order valence-electron chi connectivity index (χ2n) is 6.06. The fourth-order valence-corrected chi connectivity index (χ4v) is 2.75. The molecule has 21 heavy (non-hydrogen) atoms. The number of cyclic esters (lactones) is 1. The Bertz CT molecular complexity index is 524. The third-order valence-corrected chi connectivity index (χ3v) is 4.07. The van der Waals surface area contributed by atoms with E-state index in [9.17, 15) is 9.90 Å². The Labute approximate surface area is 125 Å². The van der Waals surface area contributed by atoms with Gasteiger partial charge in [0.1, 0.15) is 12.4 Å². The van der Waals surface area contributed by atoms with Crippen LogP contribution in [-0.4, -0.2) is 30.9 Å². The topological polar surface area (TPSA) is 61.8 Å². The van der Waals surface area contributed by atoms with Crippen molar-refractivity contribution < 1.29 is 14.6 Å². The summed E-state index contributed by atoms with van der Waals surface area (Å²) in [6, 6.07) is 5.38. The van der Waals surface area contributed by atoms with Crippen molar-refractivity contribution in [2.45, 2.75) is 33.7 Å². The number of hydrogen-bond acceptors (Lipinski definition) is 4. The Morgan fingerprint density at radius 1 is 1.38 bits per heavy atom. The summed E-state index contributed by atoms with van der Waals surface area (Å²) in [6.07, 6.45) is -0.438. The van der Waals surface area contributed by atoms with Gasteiger partial charge in [0.15, 0.2) is 0 Å². The number of benzene rings is 1. The highest BCUT2D eigenvalue weighted by atomic mass is 16.6. The highest BCUT2D eigenvalue weighted by Crippen LogP contribution is 2.40. The maximum Gasteiger partial charge on any atom is 0.407 e. The van der Waals surface area contributed by atoms with E-state index in [1.165, 1.54) is 0 Å².